The molecular formula is C22H32N2O6. The Morgan fingerprint density at radius 1 is 0.767 bits per heavy atom. The third-order valence-corrected chi connectivity index (χ3v) is 4.56. The van der Waals surface area contributed by atoms with Crippen LogP contribution >= 0.6 is 0 Å². The Morgan fingerprint density at radius 3 is 1.50 bits per heavy atom. The van der Waals surface area contributed by atoms with E-state index in [1.54, 1.807) is 41.5 Å². The van der Waals surface area contributed by atoms with Gasteiger partial charge < -0.3 is 0 Å². The maximum atomic E-state index is 11.4. The maximum absolute atomic E-state index is 11.4. The molecule has 0 aromatic rings. The topological polar surface area (TPSA) is 109 Å². The molecule has 0 bridgehead atoms. The van der Waals surface area contributed by atoms with Crippen molar-refractivity contribution in [2.75, 3.05) is 13.1 Å². The van der Waals surface area contributed by atoms with E-state index in [0.29, 0.717) is 11.1 Å². The molecule has 2 aliphatic rings. The van der Waals surface area contributed by atoms with Gasteiger partial charge in [0.1, 0.15) is 5.78 Å². The van der Waals surface area contributed by atoms with Crippen molar-refractivity contribution in [2.45, 2.75) is 55.4 Å². The largest absolute Gasteiger partial charge is 0.299 e. The average molecular weight is 421 g/mol. The van der Waals surface area contributed by atoms with Gasteiger partial charge in [0.05, 0.1) is 6.54 Å². The third-order valence-electron chi connectivity index (χ3n) is 4.56. The summed E-state index contributed by atoms with van der Waals surface area (Å²) in [5.41, 5.74) is 0.837. The molecule has 2 aliphatic heterocycles. The van der Waals surface area contributed by atoms with Gasteiger partial charge in [0, 0.05) is 48.1 Å². The number of ketones is 2. The zero-order chi connectivity index (χ0) is 22.5. The maximum Gasteiger partial charge on any atom is 0.256 e. The van der Waals surface area contributed by atoms with Crippen LogP contribution in [0.2, 0.25) is 0 Å². The van der Waals surface area contributed by atoms with Crippen LogP contribution in [0.4, 0.5) is 0 Å². The van der Waals surface area contributed by atoms with E-state index in [9.17, 15) is 28.8 Å². The number of rotatable bonds is 7. The van der Waals surface area contributed by atoms with Crippen LogP contribution < -0.4 is 0 Å². The Kier molecular flexibility index (Phi) is 10.2. The zero-order valence-corrected chi connectivity index (χ0v) is 17.8. The Hall–Kier alpha value is -2.90. The Bertz CT molecular complexity index is 804. The van der Waals surface area contributed by atoms with Crippen molar-refractivity contribution < 1.29 is 28.8 Å². The highest BCUT2D eigenvalue weighted by atomic mass is 16.2. The first kappa shape index (κ1) is 27.1. The summed E-state index contributed by atoms with van der Waals surface area (Å²) in [5, 5.41) is 0. The second-order valence-corrected chi connectivity index (χ2v) is 7.67. The smallest absolute Gasteiger partial charge is 0.256 e. The molecule has 0 fully saturated rings. The SMILES string of the molecule is C.CC1=CC(=O)N(CC(=O)C(C)C)C1=O.CC1=CC(=O)N(CCC(=O)C(C)C)C1=O. The molecule has 166 valence electrons. The van der Waals surface area contributed by atoms with Gasteiger partial charge in [-0.15, -0.1) is 0 Å². The number of amides is 4. The predicted molar refractivity (Wildman–Crippen MR) is 112 cm³/mol. The third kappa shape index (κ3) is 6.86. The molecule has 4 amide bonds. The van der Waals surface area contributed by atoms with Crippen LogP contribution in [0.15, 0.2) is 23.3 Å². The summed E-state index contributed by atoms with van der Waals surface area (Å²) in [4.78, 5) is 70.1. The zero-order valence-electron chi connectivity index (χ0n) is 17.8. The van der Waals surface area contributed by atoms with Crippen LogP contribution in [-0.2, 0) is 28.8 Å². The van der Waals surface area contributed by atoms with Crippen molar-refractivity contribution in [2.24, 2.45) is 11.8 Å². The summed E-state index contributed by atoms with van der Waals surface area (Å²) in [5.74, 6) is -1.57. The molecule has 2 rings (SSSR count). The van der Waals surface area contributed by atoms with Crippen LogP contribution in [0, 0.1) is 11.8 Å². The van der Waals surface area contributed by atoms with Gasteiger partial charge in [0.25, 0.3) is 23.6 Å². The number of carbonyl (C=O) groups is 6. The highest BCUT2D eigenvalue weighted by Gasteiger charge is 2.30. The molecule has 0 saturated heterocycles. The van der Waals surface area contributed by atoms with Crippen LogP contribution in [0.1, 0.15) is 55.4 Å². The number of nitrogens with zero attached hydrogens (tertiary/aromatic N) is 2. The first-order valence-corrected chi connectivity index (χ1v) is 9.50. The molecule has 0 N–H and O–H groups in total. The van der Waals surface area contributed by atoms with Gasteiger partial charge in [-0.3, -0.25) is 38.6 Å². The van der Waals surface area contributed by atoms with Gasteiger partial charge in [-0.25, -0.2) is 0 Å². The minimum Gasteiger partial charge on any atom is -0.299 e. The van der Waals surface area contributed by atoms with E-state index in [4.69, 9.17) is 0 Å². The van der Waals surface area contributed by atoms with Crippen molar-refractivity contribution in [1.82, 2.24) is 9.80 Å². The summed E-state index contributed by atoms with van der Waals surface area (Å²) in [7, 11) is 0. The van der Waals surface area contributed by atoms with E-state index in [-0.39, 0.29) is 74.0 Å². The van der Waals surface area contributed by atoms with Crippen molar-refractivity contribution in [3.8, 4) is 0 Å². The second-order valence-electron chi connectivity index (χ2n) is 7.67. The number of carbonyl (C=O) groups excluding carboxylic acids is 6. The number of Topliss-reactive ketones (excluding diaryl/α,β-unsaturated/α-hetero) is 2. The highest BCUT2D eigenvalue weighted by Crippen LogP contribution is 2.13. The number of hydrogen-bond acceptors (Lipinski definition) is 6. The van der Waals surface area contributed by atoms with Gasteiger partial charge in [-0.2, -0.15) is 0 Å². The minimum absolute atomic E-state index is 0. The van der Waals surface area contributed by atoms with Gasteiger partial charge in [0.2, 0.25) is 0 Å². The van der Waals surface area contributed by atoms with Crippen molar-refractivity contribution in [3.63, 3.8) is 0 Å². The summed E-state index contributed by atoms with van der Waals surface area (Å²) < 4.78 is 0. The molecule has 0 spiro atoms. The summed E-state index contributed by atoms with van der Waals surface area (Å²) >= 11 is 0. The lowest BCUT2D eigenvalue weighted by Crippen LogP contribution is -2.37. The van der Waals surface area contributed by atoms with Crippen molar-refractivity contribution >= 4 is 35.2 Å². The predicted octanol–water partition coefficient (Wildman–Crippen LogP) is 2.08. The van der Waals surface area contributed by atoms with Crippen LogP contribution in [0.5, 0.6) is 0 Å². The molecule has 0 radical (unpaired) electrons. The number of hydrogen-bond donors (Lipinski definition) is 0. The van der Waals surface area contributed by atoms with Crippen LogP contribution in [0.25, 0.3) is 0 Å². The van der Waals surface area contributed by atoms with Gasteiger partial charge in [-0.1, -0.05) is 35.1 Å². The Labute approximate surface area is 178 Å². The van der Waals surface area contributed by atoms with E-state index in [1.165, 1.54) is 12.2 Å². The minimum atomic E-state index is -0.387. The molecule has 30 heavy (non-hydrogen) atoms. The van der Waals surface area contributed by atoms with Crippen molar-refractivity contribution in [3.05, 3.63) is 23.3 Å². The summed E-state index contributed by atoms with van der Waals surface area (Å²) in [6.07, 6.45) is 2.81. The van der Waals surface area contributed by atoms with Gasteiger partial charge in [0.15, 0.2) is 5.78 Å². The molecule has 0 saturated carbocycles. The molecule has 0 aliphatic carbocycles. The molecule has 8 nitrogen and oxygen atoms in total. The molecule has 0 aromatic heterocycles. The molecule has 0 aromatic carbocycles. The Morgan fingerprint density at radius 2 is 1.17 bits per heavy atom. The molecule has 2 heterocycles. The molecule has 0 atom stereocenters. The molecule has 0 unspecified atom stereocenters. The fourth-order valence-corrected chi connectivity index (χ4v) is 2.49. The van der Waals surface area contributed by atoms with E-state index in [0.717, 1.165) is 9.80 Å². The normalized spacial score (nSPS) is 15.9. The fraction of sp³-hybridized carbons (Fsp3) is 0.545. The van der Waals surface area contributed by atoms with Crippen LogP contribution in [0.3, 0.4) is 0 Å². The lowest BCUT2D eigenvalue weighted by molar-refractivity contribution is -0.141. The van der Waals surface area contributed by atoms with Crippen LogP contribution in [-0.4, -0.2) is 58.1 Å². The molecular weight excluding hydrogens is 388 g/mol. The Balaban J connectivity index is 0.000000544. The number of imide groups is 2. The second kappa shape index (κ2) is 11.3. The standard InChI is InChI=1S/C11H15NO3.C10H13NO3.CH4/c1-7(2)9(13)4-5-12-10(14)6-8(3)11(12)15;1-6(2)8(12)5-11-9(13)4-7(3)10(11)14;/h6-7H,4-5H2,1-3H3;4,6H,5H2,1-3H3;1H4. The average Bonchev–Trinajstić information content (AvgIpc) is 3.01. The summed E-state index contributed by atoms with van der Waals surface area (Å²) in [6, 6.07) is 0. The van der Waals surface area contributed by atoms with E-state index in [2.05, 4.69) is 0 Å². The van der Waals surface area contributed by atoms with E-state index < -0.39 is 0 Å². The molecule has 8 heteroatoms. The highest BCUT2D eigenvalue weighted by molar-refractivity contribution is 6.17. The quantitative estimate of drug-likeness (QED) is 0.584. The van der Waals surface area contributed by atoms with Gasteiger partial charge >= 0.3 is 0 Å². The van der Waals surface area contributed by atoms with E-state index in [1.807, 2.05) is 0 Å². The van der Waals surface area contributed by atoms with E-state index >= 15 is 0 Å². The lowest BCUT2D eigenvalue weighted by Gasteiger charge is -2.14. The summed E-state index contributed by atoms with van der Waals surface area (Å²) in [6.45, 7) is 10.4. The first-order valence-electron chi connectivity index (χ1n) is 9.50. The van der Waals surface area contributed by atoms with Gasteiger partial charge in [-0.05, 0) is 13.8 Å². The monoisotopic (exact) mass is 420 g/mol. The van der Waals surface area contributed by atoms with Crippen molar-refractivity contribution in [1.29, 1.82) is 0 Å². The fourth-order valence-electron chi connectivity index (χ4n) is 2.49. The lowest BCUT2D eigenvalue weighted by atomic mass is 10.1. The first-order chi connectivity index (χ1) is 13.4.